The summed E-state index contributed by atoms with van der Waals surface area (Å²) in [5, 5.41) is 8.47. The molecule has 0 radical (unpaired) electrons. The van der Waals surface area contributed by atoms with E-state index in [-0.39, 0.29) is 59.2 Å². The fourth-order valence-corrected chi connectivity index (χ4v) is 1.20. The van der Waals surface area contributed by atoms with Crippen LogP contribution in [0.3, 0.4) is 0 Å². The van der Waals surface area contributed by atoms with Crippen LogP contribution < -0.4 is 5.73 Å². The second-order valence-corrected chi connectivity index (χ2v) is 3.33. The van der Waals surface area contributed by atoms with Crippen molar-refractivity contribution >= 4 is 55.0 Å². The van der Waals surface area contributed by atoms with Crippen molar-refractivity contribution < 1.29 is 17.5 Å². The summed E-state index contributed by atoms with van der Waals surface area (Å²) in [7, 11) is 0. The van der Waals surface area contributed by atoms with Gasteiger partial charge in [-0.25, -0.2) is 0 Å². The maximum Gasteiger partial charge on any atom is 2.00 e. The standard InChI is InChI=1S/C11H13NO3.Ca.2H/c12-9-3-1-8(2-4-9)5-10(14)6-11(15)7-13;;;/h1-4,13H,5-7,12H2;;;/q;+2;2*-1. The third-order valence-electron chi connectivity index (χ3n) is 1.95. The summed E-state index contributed by atoms with van der Waals surface area (Å²) in [6, 6.07) is 6.90. The van der Waals surface area contributed by atoms with E-state index in [2.05, 4.69) is 0 Å². The van der Waals surface area contributed by atoms with E-state index >= 15 is 0 Å². The van der Waals surface area contributed by atoms with E-state index in [9.17, 15) is 9.59 Å². The first-order chi connectivity index (χ1) is 7.11. The minimum Gasteiger partial charge on any atom is -1.00 e. The van der Waals surface area contributed by atoms with Crippen LogP contribution in [0.4, 0.5) is 5.69 Å². The SMILES string of the molecule is Nc1ccc(CC(=O)CC(=O)CO)cc1.[Ca+2].[H-].[H-]. The van der Waals surface area contributed by atoms with Crippen molar-refractivity contribution in [3.8, 4) is 0 Å². The van der Waals surface area contributed by atoms with E-state index in [1.54, 1.807) is 24.3 Å². The van der Waals surface area contributed by atoms with Crippen LogP contribution in [-0.2, 0) is 16.0 Å². The molecule has 1 rings (SSSR count). The number of ketones is 2. The van der Waals surface area contributed by atoms with Gasteiger partial charge in [0.2, 0.25) is 0 Å². The normalized spacial score (nSPS) is 9.31. The zero-order valence-electron chi connectivity index (χ0n) is 11.0. The van der Waals surface area contributed by atoms with Gasteiger partial charge < -0.3 is 13.7 Å². The smallest absolute Gasteiger partial charge is 1.00 e. The molecule has 3 N–H and O–H groups in total. The van der Waals surface area contributed by atoms with Gasteiger partial charge >= 0.3 is 37.7 Å². The van der Waals surface area contributed by atoms with Crippen LogP contribution in [0, 0.1) is 0 Å². The number of benzene rings is 1. The number of nitrogen functional groups attached to an aromatic ring is 1. The van der Waals surface area contributed by atoms with Crippen LogP contribution in [0.5, 0.6) is 0 Å². The second-order valence-electron chi connectivity index (χ2n) is 3.33. The molecule has 0 fully saturated rings. The topological polar surface area (TPSA) is 80.4 Å². The Balaban J connectivity index is -0.000000750. The molecule has 0 amide bonds. The van der Waals surface area contributed by atoms with Crippen LogP contribution >= 0.6 is 0 Å². The van der Waals surface area contributed by atoms with E-state index in [1.807, 2.05) is 0 Å². The summed E-state index contributed by atoms with van der Waals surface area (Å²) in [6.45, 7) is -0.576. The van der Waals surface area contributed by atoms with Crippen molar-refractivity contribution in [1.82, 2.24) is 0 Å². The van der Waals surface area contributed by atoms with Crippen molar-refractivity contribution in [3.05, 3.63) is 29.8 Å². The fraction of sp³-hybridized carbons (Fsp3) is 0.273. The minimum atomic E-state index is -0.576. The quantitative estimate of drug-likeness (QED) is 0.443. The van der Waals surface area contributed by atoms with Gasteiger partial charge in [0.05, 0.1) is 6.42 Å². The van der Waals surface area contributed by atoms with Crippen LogP contribution in [0.2, 0.25) is 0 Å². The summed E-state index contributed by atoms with van der Waals surface area (Å²) >= 11 is 0. The Morgan fingerprint density at radius 3 is 2.25 bits per heavy atom. The molecule has 0 saturated heterocycles. The molecule has 0 spiro atoms. The molecule has 1 aromatic rings. The molecule has 4 nitrogen and oxygen atoms in total. The minimum absolute atomic E-state index is 0. The number of anilines is 1. The fourth-order valence-electron chi connectivity index (χ4n) is 1.20. The van der Waals surface area contributed by atoms with Crippen LogP contribution in [0.1, 0.15) is 14.8 Å². The molecule has 0 aliphatic carbocycles. The van der Waals surface area contributed by atoms with Gasteiger partial charge in [0.25, 0.3) is 0 Å². The van der Waals surface area contributed by atoms with Crippen molar-refractivity contribution in [3.63, 3.8) is 0 Å². The summed E-state index contributed by atoms with van der Waals surface area (Å²) in [5.41, 5.74) is 6.94. The number of nitrogens with two attached hydrogens (primary N) is 1. The predicted octanol–water partition coefficient (Wildman–Crippen LogP) is 0.176. The number of hydrogen-bond acceptors (Lipinski definition) is 4. The van der Waals surface area contributed by atoms with Crippen LogP contribution in [-0.4, -0.2) is 61.0 Å². The van der Waals surface area contributed by atoms with Crippen molar-refractivity contribution in [1.29, 1.82) is 0 Å². The van der Waals surface area contributed by atoms with E-state index in [0.29, 0.717) is 5.69 Å². The number of Topliss-reactive ketones (excluding diaryl/α,β-unsaturated/α-hetero) is 2. The predicted molar refractivity (Wildman–Crippen MR) is 64.3 cm³/mol. The van der Waals surface area contributed by atoms with Gasteiger partial charge in [0.1, 0.15) is 12.4 Å². The van der Waals surface area contributed by atoms with Gasteiger partial charge in [-0.15, -0.1) is 0 Å². The van der Waals surface area contributed by atoms with Gasteiger partial charge in [0, 0.05) is 12.1 Å². The molecule has 0 bridgehead atoms. The average molecular weight is 249 g/mol. The summed E-state index contributed by atoms with van der Waals surface area (Å²) in [4.78, 5) is 22.1. The van der Waals surface area contributed by atoms with E-state index in [1.165, 1.54) is 0 Å². The average Bonchev–Trinajstić information content (AvgIpc) is 2.21. The Morgan fingerprint density at radius 2 is 1.75 bits per heavy atom. The largest absolute Gasteiger partial charge is 2.00 e. The molecule has 16 heavy (non-hydrogen) atoms. The number of carbonyl (C=O) groups excluding carboxylic acids is 2. The molecule has 0 saturated carbocycles. The summed E-state index contributed by atoms with van der Waals surface area (Å²) in [6.07, 6.45) is -0.00705. The summed E-state index contributed by atoms with van der Waals surface area (Å²) in [5.74, 6) is -0.644. The molecule has 0 unspecified atom stereocenters. The first-order valence-corrected chi connectivity index (χ1v) is 4.60. The van der Waals surface area contributed by atoms with Crippen molar-refractivity contribution in [2.75, 3.05) is 12.3 Å². The molecular weight excluding hydrogens is 234 g/mol. The van der Waals surface area contributed by atoms with E-state index in [4.69, 9.17) is 10.8 Å². The van der Waals surface area contributed by atoms with Gasteiger partial charge in [-0.1, -0.05) is 12.1 Å². The number of carbonyl (C=O) groups is 2. The summed E-state index contributed by atoms with van der Waals surface area (Å²) < 4.78 is 0. The number of aliphatic hydroxyl groups is 1. The Labute approximate surface area is 127 Å². The third kappa shape index (κ3) is 5.61. The molecule has 5 heteroatoms. The van der Waals surface area contributed by atoms with Crippen molar-refractivity contribution in [2.24, 2.45) is 0 Å². The van der Waals surface area contributed by atoms with Gasteiger partial charge in [-0.05, 0) is 17.7 Å². The van der Waals surface area contributed by atoms with Crippen molar-refractivity contribution in [2.45, 2.75) is 12.8 Å². The number of hydrogen-bond donors (Lipinski definition) is 2. The third-order valence-corrected chi connectivity index (χ3v) is 1.95. The molecule has 0 heterocycles. The molecule has 0 atom stereocenters. The molecule has 84 valence electrons. The molecular formula is C11H15CaNO3. The Hall–Kier alpha value is -0.420. The van der Waals surface area contributed by atoms with Gasteiger partial charge in [-0.2, -0.15) is 0 Å². The Bertz CT molecular complexity index is 371. The van der Waals surface area contributed by atoms with Crippen LogP contribution in [0.25, 0.3) is 0 Å². The molecule has 0 aliphatic heterocycles. The van der Waals surface area contributed by atoms with Gasteiger partial charge in [0.15, 0.2) is 5.78 Å². The number of aliphatic hydroxyl groups excluding tert-OH is 1. The Kier molecular flexibility index (Phi) is 7.58. The molecule has 1 aromatic carbocycles. The maximum atomic E-state index is 11.3. The maximum absolute atomic E-state index is 11.3. The zero-order chi connectivity index (χ0) is 11.3. The van der Waals surface area contributed by atoms with Crippen LogP contribution in [0.15, 0.2) is 24.3 Å². The Morgan fingerprint density at radius 1 is 1.19 bits per heavy atom. The molecule has 0 aliphatic rings. The monoisotopic (exact) mass is 249 g/mol. The second kappa shape index (κ2) is 7.79. The van der Waals surface area contributed by atoms with E-state index < -0.39 is 12.4 Å². The number of rotatable bonds is 5. The zero-order valence-corrected chi connectivity index (χ0v) is 11.2. The van der Waals surface area contributed by atoms with E-state index in [0.717, 1.165) is 5.56 Å². The first kappa shape index (κ1) is 15.6. The molecule has 0 aromatic heterocycles. The first-order valence-electron chi connectivity index (χ1n) is 4.60. The van der Waals surface area contributed by atoms with Gasteiger partial charge in [-0.3, -0.25) is 9.59 Å².